The molecule has 1 aliphatic heterocycles. The van der Waals surface area contributed by atoms with Crippen molar-refractivity contribution in [1.82, 2.24) is 19.7 Å². The lowest BCUT2D eigenvalue weighted by atomic mass is 10.2. The fourth-order valence-electron chi connectivity index (χ4n) is 3.35. The number of carbonyl (C=O) groups is 1. The van der Waals surface area contributed by atoms with Gasteiger partial charge in [0, 0.05) is 29.4 Å². The van der Waals surface area contributed by atoms with Crippen LogP contribution in [0.2, 0.25) is 5.02 Å². The lowest BCUT2D eigenvalue weighted by Gasteiger charge is -2.20. The van der Waals surface area contributed by atoms with Gasteiger partial charge in [0.1, 0.15) is 0 Å². The molecule has 5 nitrogen and oxygen atoms in total. The number of carbonyl (C=O) groups excluding carboxylic acids is 1. The molecule has 7 heteroatoms. The molecule has 28 heavy (non-hydrogen) atoms. The van der Waals surface area contributed by atoms with Crippen molar-refractivity contribution < 1.29 is 4.79 Å². The van der Waals surface area contributed by atoms with Gasteiger partial charge in [-0.05, 0) is 56.2 Å². The van der Waals surface area contributed by atoms with Crippen LogP contribution in [0.15, 0.2) is 59.8 Å². The van der Waals surface area contributed by atoms with Crippen LogP contribution in [0.5, 0.6) is 0 Å². The topological polar surface area (TPSA) is 51.0 Å². The third-order valence-electron chi connectivity index (χ3n) is 4.80. The van der Waals surface area contributed by atoms with Crippen LogP contribution in [0.1, 0.15) is 19.8 Å². The number of hydrogen-bond donors (Lipinski definition) is 0. The largest absolute Gasteiger partial charge is 0.342 e. The van der Waals surface area contributed by atoms with Crippen molar-refractivity contribution in [3.8, 4) is 17.1 Å². The van der Waals surface area contributed by atoms with Gasteiger partial charge >= 0.3 is 0 Å². The van der Waals surface area contributed by atoms with Crippen LogP contribution in [-0.4, -0.2) is 43.9 Å². The van der Waals surface area contributed by atoms with Crippen molar-refractivity contribution in [3.63, 3.8) is 0 Å². The van der Waals surface area contributed by atoms with E-state index in [1.165, 1.54) is 11.8 Å². The van der Waals surface area contributed by atoms with E-state index in [2.05, 4.69) is 10.2 Å². The predicted molar refractivity (Wildman–Crippen MR) is 113 cm³/mol. The van der Waals surface area contributed by atoms with Crippen molar-refractivity contribution in [2.24, 2.45) is 0 Å². The van der Waals surface area contributed by atoms with E-state index in [1.807, 2.05) is 71.0 Å². The number of nitrogens with zero attached hydrogens (tertiary/aromatic N) is 4. The molecule has 2 aromatic carbocycles. The van der Waals surface area contributed by atoms with Crippen LogP contribution < -0.4 is 0 Å². The highest BCUT2D eigenvalue weighted by molar-refractivity contribution is 8.00. The van der Waals surface area contributed by atoms with Crippen molar-refractivity contribution >= 4 is 29.3 Å². The van der Waals surface area contributed by atoms with Crippen molar-refractivity contribution in [1.29, 1.82) is 0 Å². The summed E-state index contributed by atoms with van der Waals surface area (Å²) in [4.78, 5) is 14.7. The van der Waals surface area contributed by atoms with Gasteiger partial charge in [0.25, 0.3) is 0 Å². The van der Waals surface area contributed by atoms with E-state index < -0.39 is 0 Å². The first-order chi connectivity index (χ1) is 13.6. The van der Waals surface area contributed by atoms with Gasteiger partial charge in [0.05, 0.1) is 5.25 Å². The van der Waals surface area contributed by atoms with Crippen LogP contribution in [0.25, 0.3) is 17.1 Å². The van der Waals surface area contributed by atoms with E-state index in [0.29, 0.717) is 10.2 Å². The number of halogens is 1. The van der Waals surface area contributed by atoms with E-state index >= 15 is 0 Å². The molecule has 0 N–H and O–H groups in total. The Labute approximate surface area is 173 Å². The molecule has 2 heterocycles. The van der Waals surface area contributed by atoms with Gasteiger partial charge in [-0.3, -0.25) is 9.36 Å². The number of thioether (sulfide) groups is 1. The molecule has 1 amide bonds. The first-order valence-corrected chi connectivity index (χ1v) is 10.6. The Morgan fingerprint density at radius 3 is 2.39 bits per heavy atom. The normalized spacial score (nSPS) is 15.0. The summed E-state index contributed by atoms with van der Waals surface area (Å²) in [6.45, 7) is 3.65. The summed E-state index contributed by atoms with van der Waals surface area (Å²) in [7, 11) is 0. The summed E-state index contributed by atoms with van der Waals surface area (Å²) in [5.74, 6) is 0.893. The molecule has 0 aliphatic carbocycles. The second kappa shape index (κ2) is 8.37. The molecule has 144 valence electrons. The molecule has 3 aromatic rings. The minimum atomic E-state index is -0.220. The predicted octanol–water partition coefficient (Wildman–Crippen LogP) is 4.69. The average Bonchev–Trinajstić information content (AvgIpc) is 3.39. The van der Waals surface area contributed by atoms with Crippen molar-refractivity contribution in [3.05, 3.63) is 59.6 Å². The number of para-hydroxylation sites is 1. The smallest absolute Gasteiger partial charge is 0.235 e. The molecule has 1 aliphatic rings. The summed E-state index contributed by atoms with van der Waals surface area (Å²) < 4.78 is 2.00. The van der Waals surface area contributed by atoms with E-state index in [4.69, 9.17) is 11.6 Å². The fourth-order valence-corrected chi connectivity index (χ4v) is 4.42. The SMILES string of the molecule is CC(Sc1nnc(-c2ccc(Cl)cc2)n1-c1ccccc1)C(=O)N1CCCC1. The van der Waals surface area contributed by atoms with E-state index in [-0.39, 0.29) is 11.2 Å². The highest BCUT2D eigenvalue weighted by Gasteiger charge is 2.26. The summed E-state index contributed by atoms with van der Waals surface area (Å²) in [5.41, 5.74) is 1.88. The Kier molecular flexibility index (Phi) is 5.69. The molecule has 1 unspecified atom stereocenters. The third kappa shape index (κ3) is 3.93. The molecule has 1 saturated heterocycles. The van der Waals surface area contributed by atoms with Crippen molar-refractivity contribution in [2.45, 2.75) is 30.2 Å². The standard InChI is InChI=1S/C21H21ClN4OS/c1-15(20(27)25-13-5-6-14-25)28-21-24-23-19(16-9-11-17(22)12-10-16)26(21)18-7-3-2-4-8-18/h2-4,7-12,15H,5-6,13-14H2,1H3. The minimum Gasteiger partial charge on any atom is -0.342 e. The second-order valence-electron chi connectivity index (χ2n) is 6.78. The van der Waals surface area contributed by atoms with Gasteiger partial charge in [-0.2, -0.15) is 0 Å². The number of likely N-dealkylation sites (tertiary alicyclic amines) is 1. The molecule has 1 fully saturated rings. The maximum Gasteiger partial charge on any atom is 0.235 e. The molecule has 1 aromatic heterocycles. The van der Waals surface area contributed by atoms with Gasteiger partial charge in [-0.25, -0.2) is 0 Å². The van der Waals surface area contributed by atoms with Crippen LogP contribution in [0.4, 0.5) is 0 Å². The van der Waals surface area contributed by atoms with Crippen LogP contribution in [0, 0.1) is 0 Å². The summed E-state index contributed by atoms with van der Waals surface area (Å²) in [6, 6.07) is 17.5. The van der Waals surface area contributed by atoms with Gasteiger partial charge in [-0.1, -0.05) is 41.6 Å². The zero-order chi connectivity index (χ0) is 19.5. The Morgan fingerprint density at radius 2 is 1.71 bits per heavy atom. The highest BCUT2D eigenvalue weighted by atomic mass is 35.5. The van der Waals surface area contributed by atoms with Gasteiger partial charge in [-0.15, -0.1) is 10.2 Å². The molecule has 1 atom stereocenters. The quantitative estimate of drug-likeness (QED) is 0.570. The fraction of sp³-hybridized carbons (Fsp3) is 0.286. The number of hydrogen-bond acceptors (Lipinski definition) is 4. The molecule has 0 saturated carbocycles. The van der Waals surface area contributed by atoms with E-state index in [1.54, 1.807) is 0 Å². The summed E-state index contributed by atoms with van der Waals surface area (Å²) in [5, 5.41) is 10.00. The molecule has 4 rings (SSSR count). The Bertz CT molecular complexity index is 952. The molecular weight excluding hydrogens is 392 g/mol. The zero-order valence-electron chi connectivity index (χ0n) is 15.6. The maximum absolute atomic E-state index is 12.7. The molecule has 0 spiro atoms. The molecule has 0 bridgehead atoms. The summed E-state index contributed by atoms with van der Waals surface area (Å²) >= 11 is 7.49. The van der Waals surface area contributed by atoms with Crippen LogP contribution in [-0.2, 0) is 4.79 Å². The van der Waals surface area contributed by atoms with E-state index in [0.717, 1.165) is 43.0 Å². The summed E-state index contributed by atoms with van der Waals surface area (Å²) in [6.07, 6.45) is 2.17. The molecular formula is C21H21ClN4OS. The monoisotopic (exact) mass is 412 g/mol. The average molecular weight is 413 g/mol. The Hall–Kier alpha value is -2.31. The van der Waals surface area contributed by atoms with Crippen molar-refractivity contribution in [2.75, 3.05) is 13.1 Å². The zero-order valence-corrected chi connectivity index (χ0v) is 17.2. The lowest BCUT2D eigenvalue weighted by Crippen LogP contribution is -2.34. The maximum atomic E-state index is 12.7. The van der Waals surface area contributed by atoms with Crippen LogP contribution >= 0.6 is 23.4 Å². The van der Waals surface area contributed by atoms with Crippen LogP contribution in [0.3, 0.4) is 0 Å². The Morgan fingerprint density at radius 1 is 1.04 bits per heavy atom. The third-order valence-corrected chi connectivity index (χ3v) is 6.08. The number of rotatable bonds is 5. The highest BCUT2D eigenvalue weighted by Crippen LogP contribution is 2.31. The number of aromatic nitrogens is 3. The molecule has 0 radical (unpaired) electrons. The van der Waals surface area contributed by atoms with Gasteiger partial charge < -0.3 is 4.90 Å². The second-order valence-corrected chi connectivity index (χ2v) is 8.52. The van der Waals surface area contributed by atoms with Gasteiger partial charge in [0.15, 0.2) is 11.0 Å². The van der Waals surface area contributed by atoms with E-state index in [9.17, 15) is 4.79 Å². The first kappa shape index (κ1) is 19.0. The number of amides is 1. The number of benzene rings is 2. The first-order valence-electron chi connectivity index (χ1n) is 9.36. The minimum absolute atomic E-state index is 0.165. The Balaban J connectivity index is 1.69. The lowest BCUT2D eigenvalue weighted by molar-refractivity contribution is -0.129. The van der Waals surface area contributed by atoms with Gasteiger partial charge in [0.2, 0.25) is 5.91 Å².